The molecule has 2 N–H and O–H groups in total. The molecule has 0 aromatic heterocycles. The molecular formula is C14H22Cl2N2O3S. The molecule has 0 atom stereocenters. The molecule has 1 aromatic carbocycles. The van der Waals surface area contributed by atoms with E-state index in [0.29, 0.717) is 12.3 Å². The van der Waals surface area contributed by atoms with Gasteiger partial charge in [-0.05, 0) is 43.5 Å². The topological polar surface area (TPSA) is 67.4 Å². The summed E-state index contributed by atoms with van der Waals surface area (Å²) in [4.78, 5) is 0.0565. The number of rotatable bonds is 5. The molecule has 0 spiro atoms. The minimum absolute atomic E-state index is 0. The lowest BCUT2D eigenvalue weighted by atomic mass is 9.81. The maximum absolute atomic E-state index is 12.4. The second kappa shape index (κ2) is 7.84. The lowest BCUT2D eigenvalue weighted by Crippen LogP contribution is -2.42. The summed E-state index contributed by atoms with van der Waals surface area (Å²) in [6.45, 7) is 4.34. The Labute approximate surface area is 143 Å². The van der Waals surface area contributed by atoms with Crippen molar-refractivity contribution >= 4 is 34.0 Å². The zero-order chi connectivity index (χ0) is 15.5. The predicted molar refractivity (Wildman–Crippen MR) is 90.7 cm³/mol. The van der Waals surface area contributed by atoms with Gasteiger partial charge in [0.05, 0.1) is 12.1 Å². The monoisotopic (exact) mass is 368 g/mol. The number of ether oxygens (including phenoxy) is 1. The summed E-state index contributed by atoms with van der Waals surface area (Å²) in [5, 5.41) is 3.47. The van der Waals surface area contributed by atoms with Gasteiger partial charge in [-0.2, -0.15) is 0 Å². The van der Waals surface area contributed by atoms with E-state index in [9.17, 15) is 8.42 Å². The Balaban J connectivity index is 0.00000242. The first-order valence-corrected chi connectivity index (χ1v) is 8.76. The highest BCUT2D eigenvalue weighted by molar-refractivity contribution is 7.89. The Hall–Kier alpha value is -0.530. The van der Waals surface area contributed by atoms with Gasteiger partial charge in [0.2, 0.25) is 10.0 Å². The quantitative estimate of drug-likeness (QED) is 0.837. The molecule has 1 aliphatic rings. The number of halogens is 2. The van der Waals surface area contributed by atoms with Gasteiger partial charge in [0.15, 0.2) is 0 Å². The van der Waals surface area contributed by atoms with Gasteiger partial charge in [-0.1, -0.05) is 18.5 Å². The van der Waals surface area contributed by atoms with Gasteiger partial charge >= 0.3 is 0 Å². The average Bonchev–Trinajstić information content (AvgIpc) is 2.47. The molecule has 1 aliphatic heterocycles. The van der Waals surface area contributed by atoms with E-state index in [-0.39, 0.29) is 27.7 Å². The Morgan fingerprint density at radius 2 is 2.00 bits per heavy atom. The van der Waals surface area contributed by atoms with Gasteiger partial charge in [0.1, 0.15) is 10.6 Å². The Morgan fingerprint density at radius 1 is 1.36 bits per heavy atom. The van der Waals surface area contributed by atoms with Gasteiger partial charge in [0.25, 0.3) is 0 Å². The maximum Gasteiger partial charge on any atom is 0.242 e. The van der Waals surface area contributed by atoms with Crippen molar-refractivity contribution < 1.29 is 13.2 Å². The van der Waals surface area contributed by atoms with Gasteiger partial charge in [-0.15, -0.1) is 12.4 Å². The molecule has 22 heavy (non-hydrogen) atoms. The summed E-state index contributed by atoms with van der Waals surface area (Å²) in [6.07, 6.45) is 1.89. The van der Waals surface area contributed by atoms with Crippen molar-refractivity contribution in [2.24, 2.45) is 5.41 Å². The molecule has 126 valence electrons. The highest BCUT2D eigenvalue weighted by atomic mass is 35.5. The van der Waals surface area contributed by atoms with Crippen LogP contribution in [0.25, 0.3) is 0 Å². The van der Waals surface area contributed by atoms with E-state index < -0.39 is 10.0 Å². The number of piperidine rings is 1. The van der Waals surface area contributed by atoms with Gasteiger partial charge < -0.3 is 10.1 Å². The van der Waals surface area contributed by atoms with Crippen LogP contribution in [0, 0.1) is 5.41 Å². The van der Waals surface area contributed by atoms with Crippen LogP contribution in [0.1, 0.15) is 19.8 Å². The summed E-state index contributed by atoms with van der Waals surface area (Å²) < 4.78 is 32.6. The number of sulfonamides is 1. The molecule has 1 heterocycles. The van der Waals surface area contributed by atoms with Crippen molar-refractivity contribution in [1.82, 2.24) is 10.0 Å². The number of nitrogens with one attached hydrogen (secondary N) is 2. The summed E-state index contributed by atoms with van der Waals surface area (Å²) in [5.41, 5.74) is -0.0241. The SMILES string of the molecule is COc1ccc(Cl)c(S(=O)(=O)NCC2(C)CCNCC2)c1.Cl. The molecule has 0 saturated carbocycles. The van der Waals surface area contributed by atoms with Crippen molar-refractivity contribution in [2.75, 3.05) is 26.7 Å². The highest BCUT2D eigenvalue weighted by Crippen LogP contribution is 2.29. The van der Waals surface area contributed by atoms with Gasteiger partial charge in [-0.3, -0.25) is 0 Å². The zero-order valence-electron chi connectivity index (χ0n) is 12.7. The predicted octanol–water partition coefficient (Wildman–Crippen LogP) is 2.44. The molecular weight excluding hydrogens is 347 g/mol. The molecule has 8 heteroatoms. The zero-order valence-corrected chi connectivity index (χ0v) is 15.1. The van der Waals surface area contributed by atoms with Crippen molar-refractivity contribution in [3.63, 3.8) is 0 Å². The molecule has 0 radical (unpaired) electrons. The molecule has 1 saturated heterocycles. The van der Waals surface area contributed by atoms with Crippen LogP contribution in [0.2, 0.25) is 5.02 Å². The van der Waals surface area contributed by atoms with Crippen LogP contribution in [-0.2, 0) is 10.0 Å². The fraction of sp³-hybridized carbons (Fsp3) is 0.571. The van der Waals surface area contributed by atoms with Crippen LogP contribution in [0.15, 0.2) is 23.1 Å². The van der Waals surface area contributed by atoms with Gasteiger partial charge in [-0.25, -0.2) is 13.1 Å². The second-order valence-electron chi connectivity index (χ2n) is 5.68. The van der Waals surface area contributed by atoms with Crippen LogP contribution in [-0.4, -0.2) is 35.2 Å². The first-order valence-electron chi connectivity index (χ1n) is 6.90. The maximum atomic E-state index is 12.4. The van der Waals surface area contributed by atoms with Crippen molar-refractivity contribution in [3.8, 4) is 5.75 Å². The van der Waals surface area contributed by atoms with Crippen molar-refractivity contribution in [3.05, 3.63) is 23.2 Å². The van der Waals surface area contributed by atoms with E-state index >= 15 is 0 Å². The first kappa shape index (κ1) is 19.5. The minimum Gasteiger partial charge on any atom is -0.497 e. The minimum atomic E-state index is -3.64. The number of hydrogen-bond donors (Lipinski definition) is 2. The summed E-state index contributed by atoms with van der Waals surface area (Å²) in [6, 6.07) is 4.60. The van der Waals surface area contributed by atoms with E-state index in [2.05, 4.69) is 17.0 Å². The van der Waals surface area contributed by atoms with Gasteiger partial charge in [0, 0.05) is 12.6 Å². The summed E-state index contributed by atoms with van der Waals surface area (Å²) in [7, 11) is -2.15. The number of methoxy groups -OCH3 is 1. The lowest BCUT2D eigenvalue weighted by Gasteiger charge is -2.34. The highest BCUT2D eigenvalue weighted by Gasteiger charge is 2.29. The fourth-order valence-corrected chi connectivity index (χ4v) is 4.08. The molecule has 0 bridgehead atoms. The molecule has 0 unspecified atom stereocenters. The standard InChI is InChI=1S/C14H21ClN2O3S.ClH/c1-14(5-7-16-8-6-14)10-17-21(18,19)13-9-11(20-2)3-4-12(13)15;/h3-4,9,16-17H,5-8,10H2,1-2H3;1H. The summed E-state index contributed by atoms with van der Waals surface area (Å²) in [5.74, 6) is 0.466. The molecule has 5 nitrogen and oxygen atoms in total. The average molecular weight is 369 g/mol. The summed E-state index contributed by atoms with van der Waals surface area (Å²) >= 11 is 6.01. The third kappa shape index (κ3) is 4.73. The Morgan fingerprint density at radius 3 is 2.59 bits per heavy atom. The normalized spacial score (nSPS) is 17.6. The molecule has 0 amide bonds. The van der Waals surface area contributed by atoms with E-state index in [1.54, 1.807) is 6.07 Å². The van der Waals surface area contributed by atoms with Crippen LogP contribution < -0.4 is 14.8 Å². The van der Waals surface area contributed by atoms with Crippen LogP contribution in [0.5, 0.6) is 5.75 Å². The van der Waals surface area contributed by atoms with Crippen LogP contribution in [0.4, 0.5) is 0 Å². The van der Waals surface area contributed by atoms with Crippen LogP contribution in [0.3, 0.4) is 0 Å². The third-order valence-corrected chi connectivity index (χ3v) is 5.81. The van der Waals surface area contributed by atoms with Crippen molar-refractivity contribution in [1.29, 1.82) is 0 Å². The van der Waals surface area contributed by atoms with E-state index in [1.165, 1.54) is 19.2 Å². The van der Waals surface area contributed by atoms with E-state index in [1.807, 2.05) is 0 Å². The Kier molecular flexibility index (Phi) is 6.95. The van der Waals surface area contributed by atoms with Crippen molar-refractivity contribution in [2.45, 2.75) is 24.7 Å². The lowest BCUT2D eigenvalue weighted by molar-refractivity contribution is 0.232. The number of hydrogen-bond acceptors (Lipinski definition) is 4. The molecule has 0 aliphatic carbocycles. The molecule has 2 rings (SSSR count). The Bertz CT molecular complexity index is 602. The molecule has 1 aromatic rings. The smallest absolute Gasteiger partial charge is 0.242 e. The number of benzene rings is 1. The van der Waals surface area contributed by atoms with E-state index in [0.717, 1.165) is 25.9 Å². The largest absolute Gasteiger partial charge is 0.497 e. The second-order valence-corrected chi connectivity index (χ2v) is 7.82. The first-order chi connectivity index (χ1) is 9.86. The molecule has 1 fully saturated rings. The van der Waals surface area contributed by atoms with Crippen LogP contribution >= 0.6 is 24.0 Å². The van der Waals surface area contributed by atoms with E-state index in [4.69, 9.17) is 16.3 Å². The third-order valence-electron chi connectivity index (χ3n) is 3.93. The fourth-order valence-electron chi connectivity index (χ4n) is 2.37.